The van der Waals surface area contributed by atoms with Crippen molar-refractivity contribution in [1.29, 1.82) is 0 Å². The number of hydrogen-bond acceptors (Lipinski definition) is 1. The lowest BCUT2D eigenvalue weighted by atomic mass is 9.79. The molecule has 0 radical (unpaired) electrons. The first-order valence-electron chi connectivity index (χ1n) is 9.11. The molecule has 0 N–H and O–H groups in total. The molecule has 0 atom stereocenters. The molecule has 0 bridgehead atoms. The Hall–Kier alpha value is -0.530. The van der Waals surface area contributed by atoms with E-state index in [4.69, 9.17) is 0 Å². The zero-order valence-electron chi connectivity index (χ0n) is 13.0. The highest BCUT2D eigenvalue weighted by Crippen LogP contribution is 2.42. The Morgan fingerprint density at radius 2 is 1.55 bits per heavy atom. The summed E-state index contributed by atoms with van der Waals surface area (Å²) >= 11 is 0. The molecule has 2 saturated carbocycles. The fraction of sp³-hybridized carbons (Fsp3) is 0.944. The highest BCUT2D eigenvalue weighted by molar-refractivity contribution is 5.77. The Labute approximate surface area is 124 Å². The second-order valence-electron chi connectivity index (χ2n) is 7.48. The minimum Gasteiger partial charge on any atom is -0.337 e. The van der Waals surface area contributed by atoms with E-state index >= 15 is 0 Å². The topological polar surface area (TPSA) is 20.3 Å². The molecular formula is C18H31NO. The highest BCUT2D eigenvalue weighted by Gasteiger charge is 2.43. The molecule has 20 heavy (non-hydrogen) atoms. The number of nitrogens with zero attached hydrogens (tertiary/aromatic N) is 1. The monoisotopic (exact) mass is 277 g/mol. The van der Waals surface area contributed by atoms with Crippen molar-refractivity contribution in [2.45, 2.75) is 95.4 Å². The van der Waals surface area contributed by atoms with Gasteiger partial charge < -0.3 is 4.90 Å². The summed E-state index contributed by atoms with van der Waals surface area (Å²) < 4.78 is 0. The summed E-state index contributed by atoms with van der Waals surface area (Å²) in [6.45, 7) is 1.05. The molecule has 2 heteroatoms. The van der Waals surface area contributed by atoms with Gasteiger partial charge >= 0.3 is 0 Å². The van der Waals surface area contributed by atoms with E-state index in [1.807, 2.05) is 0 Å². The SMILES string of the molecule is O=C(CCC1CCCCC1)N1CCCC12CCCCC2. The van der Waals surface area contributed by atoms with Gasteiger partial charge in [-0.1, -0.05) is 51.4 Å². The van der Waals surface area contributed by atoms with E-state index in [0.717, 1.165) is 25.3 Å². The van der Waals surface area contributed by atoms with Crippen LogP contribution in [0.5, 0.6) is 0 Å². The molecule has 1 amide bonds. The Kier molecular flexibility index (Phi) is 4.68. The first kappa shape index (κ1) is 14.4. The summed E-state index contributed by atoms with van der Waals surface area (Å²) in [6, 6.07) is 0. The summed E-state index contributed by atoms with van der Waals surface area (Å²) in [7, 11) is 0. The van der Waals surface area contributed by atoms with Crippen molar-refractivity contribution in [2.75, 3.05) is 6.54 Å². The van der Waals surface area contributed by atoms with E-state index < -0.39 is 0 Å². The molecule has 0 unspecified atom stereocenters. The fourth-order valence-electron chi connectivity index (χ4n) is 5.00. The van der Waals surface area contributed by atoms with Crippen LogP contribution in [0, 0.1) is 5.92 Å². The summed E-state index contributed by atoms with van der Waals surface area (Å²) in [6.07, 6.45) is 18.1. The minimum atomic E-state index is 0.294. The van der Waals surface area contributed by atoms with Gasteiger partial charge in [-0.3, -0.25) is 4.79 Å². The second-order valence-corrected chi connectivity index (χ2v) is 7.48. The number of rotatable bonds is 3. The average molecular weight is 277 g/mol. The molecular weight excluding hydrogens is 246 g/mol. The van der Waals surface area contributed by atoms with E-state index in [1.54, 1.807) is 0 Å². The van der Waals surface area contributed by atoms with Crippen molar-refractivity contribution in [3.63, 3.8) is 0 Å². The van der Waals surface area contributed by atoms with Crippen molar-refractivity contribution in [3.05, 3.63) is 0 Å². The number of hydrogen-bond donors (Lipinski definition) is 0. The largest absolute Gasteiger partial charge is 0.337 e. The lowest BCUT2D eigenvalue weighted by Gasteiger charge is -2.42. The van der Waals surface area contributed by atoms with E-state index in [0.29, 0.717) is 11.4 Å². The van der Waals surface area contributed by atoms with Gasteiger partial charge in [0.1, 0.15) is 0 Å². The van der Waals surface area contributed by atoms with E-state index in [1.165, 1.54) is 77.0 Å². The summed E-state index contributed by atoms with van der Waals surface area (Å²) in [4.78, 5) is 15.0. The van der Waals surface area contributed by atoms with Crippen LogP contribution in [0.15, 0.2) is 0 Å². The van der Waals surface area contributed by atoms with Crippen molar-refractivity contribution in [2.24, 2.45) is 5.92 Å². The molecule has 0 aromatic heterocycles. The Bertz CT molecular complexity index is 326. The summed E-state index contributed by atoms with van der Waals surface area (Å²) in [5.74, 6) is 1.33. The maximum absolute atomic E-state index is 12.7. The molecule has 1 aliphatic heterocycles. The van der Waals surface area contributed by atoms with Crippen LogP contribution in [0.3, 0.4) is 0 Å². The first-order valence-corrected chi connectivity index (χ1v) is 9.11. The van der Waals surface area contributed by atoms with E-state index in [9.17, 15) is 4.79 Å². The molecule has 3 aliphatic rings. The molecule has 114 valence electrons. The van der Waals surface area contributed by atoms with E-state index in [2.05, 4.69) is 4.90 Å². The number of likely N-dealkylation sites (tertiary alicyclic amines) is 1. The average Bonchev–Trinajstić information content (AvgIpc) is 2.90. The van der Waals surface area contributed by atoms with Gasteiger partial charge in [0.05, 0.1) is 0 Å². The molecule has 1 saturated heterocycles. The zero-order chi connectivity index (χ0) is 13.8. The Balaban J connectivity index is 1.53. The van der Waals surface area contributed by atoms with Crippen molar-refractivity contribution < 1.29 is 4.79 Å². The smallest absolute Gasteiger partial charge is 0.223 e. The van der Waals surface area contributed by atoms with Crippen LogP contribution in [0.25, 0.3) is 0 Å². The van der Waals surface area contributed by atoms with Gasteiger partial charge in [0.2, 0.25) is 5.91 Å². The molecule has 3 rings (SSSR count). The maximum atomic E-state index is 12.7. The molecule has 2 nitrogen and oxygen atoms in total. The Morgan fingerprint density at radius 1 is 0.900 bits per heavy atom. The third-order valence-corrected chi connectivity index (χ3v) is 6.17. The van der Waals surface area contributed by atoms with Crippen LogP contribution < -0.4 is 0 Å². The van der Waals surface area contributed by atoms with Crippen LogP contribution in [-0.2, 0) is 4.79 Å². The van der Waals surface area contributed by atoms with Gasteiger partial charge in [0, 0.05) is 18.5 Å². The van der Waals surface area contributed by atoms with Crippen molar-refractivity contribution in [3.8, 4) is 0 Å². The van der Waals surface area contributed by atoms with Gasteiger partial charge in [-0.25, -0.2) is 0 Å². The van der Waals surface area contributed by atoms with E-state index in [-0.39, 0.29) is 0 Å². The third kappa shape index (κ3) is 3.04. The minimum absolute atomic E-state index is 0.294. The predicted octanol–water partition coefficient (Wildman–Crippen LogP) is 4.67. The van der Waals surface area contributed by atoms with Gasteiger partial charge in [-0.2, -0.15) is 0 Å². The molecule has 0 aromatic rings. The lowest BCUT2D eigenvalue weighted by Crippen LogP contribution is -2.48. The standard InChI is InChI=1S/C18H31NO/c20-17(11-10-16-8-3-1-4-9-16)19-15-7-14-18(19)12-5-2-6-13-18/h16H,1-15H2. The highest BCUT2D eigenvalue weighted by atomic mass is 16.2. The Morgan fingerprint density at radius 3 is 2.30 bits per heavy atom. The van der Waals surface area contributed by atoms with Gasteiger partial charge in [0.15, 0.2) is 0 Å². The third-order valence-electron chi connectivity index (χ3n) is 6.17. The predicted molar refractivity (Wildman–Crippen MR) is 82.6 cm³/mol. The molecule has 3 fully saturated rings. The van der Waals surface area contributed by atoms with Crippen molar-refractivity contribution in [1.82, 2.24) is 4.90 Å². The fourth-order valence-corrected chi connectivity index (χ4v) is 5.00. The molecule has 0 aromatic carbocycles. The molecule has 1 spiro atoms. The van der Waals surface area contributed by atoms with Crippen LogP contribution >= 0.6 is 0 Å². The second kappa shape index (κ2) is 6.49. The molecule has 1 heterocycles. The van der Waals surface area contributed by atoms with Crippen LogP contribution in [0.1, 0.15) is 89.9 Å². The van der Waals surface area contributed by atoms with Gasteiger partial charge in [0.25, 0.3) is 0 Å². The molecule has 2 aliphatic carbocycles. The quantitative estimate of drug-likeness (QED) is 0.734. The first-order chi connectivity index (χ1) is 9.80. The van der Waals surface area contributed by atoms with Crippen molar-refractivity contribution >= 4 is 5.91 Å². The number of carbonyl (C=O) groups excluding carboxylic acids is 1. The van der Waals surface area contributed by atoms with Crippen LogP contribution in [0.4, 0.5) is 0 Å². The normalized spacial score (nSPS) is 27.1. The van der Waals surface area contributed by atoms with Gasteiger partial charge in [-0.15, -0.1) is 0 Å². The lowest BCUT2D eigenvalue weighted by molar-refractivity contribution is -0.136. The van der Waals surface area contributed by atoms with Gasteiger partial charge in [-0.05, 0) is 38.0 Å². The zero-order valence-corrected chi connectivity index (χ0v) is 13.0. The van der Waals surface area contributed by atoms with Crippen LogP contribution in [-0.4, -0.2) is 22.9 Å². The summed E-state index contributed by atoms with van der Waals surface area (Å²) in [5, 5.41) is 0. The number of carbonyl (C=O) groups is 1. The number of amides is 1. The summed E-state index contributed by atoms with van der Waals surface area (Å²) in [5.41, 5.74) is 0.294. The maximum Gasteiger partial charge on any atom is 0.223 e. The van der Waals surface area contributed by atoms with Crippen LogP contribution in [0.2, 0.25) is 0 Å².